The second-order valence-corrected chi connectivity index (χ2v) is 7.70. The first-order valence-corrected chi connectivity index (χ1v) is 10.2. The molecule has 1 saturated heterocycles. The summed E-state index contributed by atoms with van der Waals surface area (Å²) in [6, 6.07) is 12.3. The Morgan fingerprint density at radius 2 is 1.97 bits per heavy atom. The van der Waals surface area contributed by atoms with Crippen LogP contribution in [0.2, 0.25) is 0 Å². The van der Waals surface area contributed by atoms with Gasteiger partial charge in [0.1, 0.15) is 0 Å². The lowest BCUT2D eigenvalue weighted by atomic mass is 10.1. The summed E-state index contributed by atoms with van der Waals surface area (Å²) in [7, 11) is 1.49. The van der Waals surface area contributed by atoms with Gasteiger partial charge in [0.2, 0.25) is 16.2 Å². The van der Waals surface area contributed by atoms with Crippen molar-refractivity contribution in [3.05, 3.63) is 54.0 Å². The maximum Gasteiger partial charge on any atom is 0.259 e. The molecule has 1 aliphatic heterocycles. The van der Waals surface area contributed by atoms with Crippen LogP contribution in [0.4, 0.5) is 20.5 Å². The Labute approximate surface area is 176 Å². The number of nitrogens with zero attached hydrogens (tertiary/aromatic N) is 5. The summed E-state index contributed by atoms with van der Waals surface area (Å²) in [6.07, 6.45) is 0.131. The van der Waals surface area contributed by atoms with Gasteiger partial charge in [-0.3, -0.25) is 10.1 Å². The molecule has 2 aromatic heterocycles. The summed E-state index contributed by atoms with van der Waals surface area (Å²) in [5.41, 5.74) is 0.760. The minimum atomic E-state index is -0.730. The number of nitrogens with one attached hydrogen (secondary N) is 2. The molecule has 0 aliphatic carbocycles. The number of ether oxygens (including phenoxy) is 1. The zero-order valence-electron chi connectivity index (χ0n) is 16.2. The molecule has 1 amide bonds. The van der Waals surface area contributed by atoms with E-state index in [1.165, 1.54) is 24.5 Å². The van der Waals surface area contributed by atoms with Crippen LogP contribution in [0, 0.1) is 5.95 Å². The molecule has 3 aromatic rings. The van der Waals surface area contributed by atoms with E-state index in [1.54, 1.807) is 6.07 Å². The molecule has 2 N–H and O–H groups in total. The topological polar surface area (TPSA) is 105 Å². The van der Waals surface area contributed by atoms with Gasteiger partial charge >= 0.3 is 0 Å². The monoisotopic (exact) mass is 429 g/mol. The van der Waals surface area contributed by atoms with E-state index in [4.69, 9.17) is 4.74 Å². The Kier molecular flexibility index (Phi) is 6.10. The number of hydrogen-bond acceptors (Lipinski definition) is 9. The highest BCUT2D eigenvalue weighted by Crippen LogP contribution is 2.26. The van der Waals surface area contributed by atoms with Crippen LogP contribution in [-0.4, -0.2) is 52.5 Å². The highest BCUT2D eigenvalue weighted by atomic mass is 32.1. The Hall–Kier alpha value is -3.18. The zero-order valence-corrected chi connectivity index (χ0v) is 17.0. The van der Waals surface area contributed by atoms with E-state index in [-0.39, 0.29) is 11.9 Å². The Balaban J connectivity index is 1.33. The van der Waals surface area contributed by atoms with Gasteiger partial charge in [0, 0.05) is 26.2 Å². The second kappa shape index (κ2) is 9.09. The fourth-order valence-corrected chi connectivity index (χ4v) is 3.99. The third kappa shape index (κ3) is 4.69. The molecule has 0 bridgehead atoms. The molecule has 3 heterocycles. The van der Waals surface area contributed by atoms with Crippen molar-refractivity contribution >= 4 is 33.3 Å². The predicted octanol–water partition coefficient (Wildman–Crippen LogP) is 2.48. The van der Waals surface area contributed by atoms with Crippen molar-refractivity contribution in [1.29, 1.82) is 0 Å². The van der Waals surface area contributed by atoms with Crippen molar-refractivity contribution < 1.29 is 13.9 Å². The number of amides is 1. The molecule has 0 spiro atoms. The van der Waals surface area contributed by atoms with E-state index >= 15 is 0 Å². The van der Waals surface area contributed by atoms with Crippen LogP contribution in [-0.2, 0) is 9.53 Å². The molecule has 0 radical (unpaired) electrons. The average molecular weight is 429 g/mol. The number of hydrogen-bond donors (Lipinski definition) is 2. The third-order valence-electron chi connectivity index (χ3n) is 4.69. The second-order valence-electron chi connectivity index (χ2n) is 6.72. The van der Waals surface area contributed by atoms with E-state index in [9.17, 15) is 9.18 Å². The number of benzene rings is 1. The number of rotatable bonds is 7. The van der Waals surface area contributed by atoms with Gasteiger partial charge in [0.15, 0.2) is 11.9 Å². The number of methoxy groups -OCH3 is 1. The third-order valence-corrected chi connectivity index (χ3v) is 5.46. The van der Waals surface area contributed by atoms with E-state index in [2.05, 4.69) is 31.0 Å². The van der Waals surface area contributed by atoms with Gasteiger partial charge in [0.25, 0.3) is 5.91 Å². The minimum absolute atomic E-state index is 0.129. The largest absolute Gasteiger partial charge is 0.367 e. The molecule has 11 heteroatoms. The first kappa shape index (κ1) is 20.1. The normalized spacial score (nSPS) is 17.0. The zero-order chi connectivity index (χ0) is 20.9. The Morgan fingerprint density at radius 1 is 1.17 bits per heavy atom. The summed E-state index contributed by atoms with van der Waals surface area (Å²) >= 11 is 1.25. The van der Waals surface area contributed by atoms with E-state index in [1.807, 2.05) is 35.2 Å². The van der Waals surface area contributed by atoms with Crippen LogP contribution in [0.3, 0.4) is 0 Å². The first-order chi connectivity index (χ1) is 14.6. The molecule has 1 fully saturated rings. The minimum Gasteiger partial charge on any atom is -0.367 e. The van der Waals surface area contributed by atoms with Crippen molar-refractivity contribution in [3.63, 3.8) is 0 Å². The summed E-state index contributed by atoms with van der Waals surface area (Å²) in [5.74, 6) is -0.273. The highest BCUT2D eigenvalue weighted by Gasteiger charge is 2.25. The predicted molar refractivity (Wildman–Crippen MR) is 111 cm³/mol. The number of carbonyl (C=O) groups is 1. The van der Waals surface area contributed by atoms with Crippen LogP contribution in [0.1, 0.15) is 18.1 Å². The van der Waals surface area contributed by atoms with Crippen molar-refractivity contribution in [1.82, 2.24) is 20.4 Å². The molecule has 9 nitrogen and oxygen atoms in total. The van der Waals surface area contributed by atoms with E-state index < -0.39 is 12.1 Å². The lowest BCUT2D eigenvalue weighted by Gasteiger charge is -2.16. The number of anilines is 3. The van der Waals surface area contributed by atoms with Gasteiger partial charge < -0.3 is 15.0 Å². The standard InChI is InChI=1S/C19H20FN7O2S/c1-29-16(12-5-3-2-4-6-12)17(28)22-19-26-25-18(30-19)21-13-9-10-27(11-13)15-8-7-14(20)23-24-15/h2-8,13,16H,9-11H2,1H3,(H,21,25)(H,22,26,28)/t13-,16?/m1/s1. The average Bonchev–Trinajstić information content (AvgIpc) is 3.40. The van der Waals surface area contributed by atoms with Crippen molar-refractivity contribution in [3.8, 4) is 0 Å². The fraction of sp³-hybridized carbons (Fsp3) is 0.316. The number of aromatic nitrogens is 4. The molecule has 1 unspecified atom stereocenters. The van der Waals surface area contributed by atoms with E-state index in [0.29, 0.717) is 22.6 Å². The summed E-state index contributed by atoms with van der Waals surface area (Å²) < 4.78 is 18.3. The van der Waals surface area contributed by atoms with Crippen LogP contribution in [0.25, 0.3) is 0 Å². The van der Waals surface area contributed by atoms with Gasteiger partial charge in [0.05, 0.1) is 0 Å². The fourth-order valence-electron chi connectivity index (χ4n) is 3.26. The van der Waals surface area contributed by atoms with Crippen molar-refractivity contribution in [2.45, 2.75) is 18.6 Å². The van der Waals surface area contributed by atoms with Gasteiger partial charge in [-0.05, 0) is 24.1 Å². The lowest BCUT2D eigenvalue weighted by Crippen LogP contribution is -2.26. The van der Waals surface area contributed by atoms with Gasteiger partial charge in [-0.2, -0.15) is 4.39 Å². The lowest BCUT2D eigenvalue weighted by molar-refractivity contribution is -0.126. The summed E-state index contributed by atoms with van der Waals surface area (Å²) in [5, 5.41) is 22.5. The quantitative estimate of drug-likeness (QED) is 0.590. The van der Waals surface area contributed by atoms with Crippen LogP contribution in [0.5, 0.6) is 0 Å². The van der Waals surface area contributed by atoms with Gasteiger partial charge in [-0.15, -0.1) is 20.4 Å². The van der Waals surface area contributed by atoms with Gasteiger partial charge in [-0.25, -0.2) is 0 Å². The SMILES string of the molecule is COC(C(=O)Nc1nnc(N[C@@H]2CCN(c3ccc(F)nn3)C2)s1)c1ccccc1. The molecular weight excluding hydrogens is 409 g/mol. The summed E-state index contributed by atoms with van der Waals surface area (Å²) in [4.78, 5) is 14.6. The van der Waals surface area contributed by atoms with E-state index in [0.717, 1.165) is 18.5 Å². The smallest absolute Gasteiger partial charge is 0.259 e. The van der Waals surface area contributed by atoms with Crippen LogP contribution >= 0.6 is 11.3 Å². The molecule has 2 atom stereocenters. The highest BCUT2D eigenvalue weighted by molar-refractivity contribution is 7.19. The summed E-state index contributed by atoms with van der Waals surface area (Å²) in [6.45, 7) is 1.45. The molecule has 0 saturated carbocycles. The Bertz CT molecular complexity index is 986. The maximum atomic E-state index is 12.9. The molecule has 1 aliphatic rings. The molecule has 1 aromatic carbocycles. The van der Waals surface area contributed by atoms with Crippen LogP contribution in [0.15, 0.2) is 42.5 Å². The van der Waals surface area contributed by atoms with Crippen LogP contribution < -0.4 is 15.5 Å². The maximum absolute atomic E-state index is 12.9. The molecular formula is C19H20FN7O2S. The molecule has 30 heavy (non-hydrogen) atoms. The van der Waals surface area contributed by atoms with Gasteiger partial charge in [-0.1, -0.05) is 41.7 Å². The molecule has 4 rings (SSSR count). The van der Waals surface area contributed by atoms with Crippen molar-refractivity contribution in [2.24, 2.45) is 0 Å². The Morgan fingerprint density at radius 3 is 2.70 bits per heavy atom. The number of carbonyl (C=O) groups excluding carboxylic acids is 1. The van der Waals surface area contributed by atoms with Crippen molar-refractivity contribution in [2.75, 3.05) is 35.7 Å². The number of halogens is 1. The molecule has 156 valence electrons. The first-order valence-electron chi connectivity index (χ1n) is 9.35.